The zero-order valence-electron chi connectivity index (χ0n) is 11.1. The molecule has 0 aliphatic carbocycles. The lowest BCUT2D eigenvalue weighted by Crippen LogP contribution is -2.44. The van der Waals surface area contributed by atoms with Gasteiger partial charge in [0.05, 0.1) is 6.10 Å². The van der Waals surface area contributed by atoms with E-state index >= 15 is 0 Å². The predicted octanol–water partition coefficient (Wildman–Crippen LogP) is 2.87. The number of aliphatic hydroxyl groups is 1. The van der Waals surface area contributed by atoms with Crippen molar-refractivity contribution in [2.24, 2.45) is 11.8 Å². The predicted molar refractivity (Wildman–Crippen MR) is 66.5 cm³/mol. The van der Waals surface area contributed by atoms with Crippen molar-refractivity contribution in [2.75, 3.05) is 0 Å². The second-order valence-corrected chi connectivity index (χ2v) is 5.59. The van der Waals surface area contributed by atoms with Crippen molar-refractivity contribution in [3.8, 4) is 0 Å². The minimum Gasteiger partial charge on any atom is -0.387 e. The molecule has 1 aliphatic rings. The Morgan fingerprint density at radius 3 is 2.47 bits per heavy atom. The van der Waals surface area contributed by atoms with Gasteiger partial charge in [-0.15, -0.1) is 5.73 Å². The fourth-order valence-corrected chi connectivity index (χ4v) is 2.46. The van der Waals surface area contributed by atoms with Gasteiger partial charge in [0.1, 0.15) is 12.2 Å². The second-order valence-electron chi connectivity index (χ2n) is 5.59. The molecule has 4 atom stereocenters. The first-order valence-electron chi connectivity index (χ1n) is 6.22. The van der Waals surface area contributed by atoms with Gasteiger partial charge in [0.25, 0.3) is 0 Å². The maximum absolute atomic E-state index is 14.8. The summed E-state index contributed by atoms with van der Waals surface area (Å²) in [6, 6.07) is 0. The summed E-state index contributed by atoms with van der Waals surface area (Å²) in [5, 5.41) is 10.1. The summed E-state index contributed by atoms with van der Waals surface area (Å²) in [5.41, 5.74) is 0.584. The van der Waals surface area contributed by atoms with Gasteiger partial charge in [-0.05, 0) is 24.3 Å². The van der Waals surface area contributed by atoms with Gasteiger partial charge in [-0.2, -0.15) is 0 Å². The molecule has 1 fully saturated rings. The molecule has 3 heteroatoms. The molecule has 0 saturated carbocycles. The number of ether oxygens (including phenoxy) is 1. The van der Waals surface area contributed by atoms with Gasteiger partial charge in [0.15, 0.2) is 5.67 Å². The number of aliphatic hydroxyl groups excluding tert-OH is 1. The summed E-state index contributed by atoms with van der Waals surface area (Å²) in [7, 11) is 0. The third-order valence-electron chi connectivity index (χ3n) is 3.20. The smallest absolute Gasteiger partial charge is 0.190 e. The van der Waals surface area contributed by atoms with Gasteiger partial charge >= 0.3 is 0 Å². The second kappa shape index (κ2) is 5.34. The third kappa shape index (κ3) is 2.79. The molecule has 0 radical (unpaired) electrons. The molecule has 1 aliphatic heterocycles. The zero-order chi connectivity index (χ0) is 13.2. The van der Waals surface area contributed by atoms with Crippen molar-refractivity contribution in [1.29, 1.82) is 0 Å². The number of halogens is 1. The summed E-state index contributed by atoms with van der Waals surface area (Å²) < 4.78 is 20.5. The van der Waals surface area contributed by atoms with Gasteiger partial charge in [-0.1, -0.05) is 34.3 Å². The SMILES string of the molecule is C=C=C[C@@]1(F)[C@H](O)[C@@H](CC(C)C)O[C@H]1C(C)C. The number of hydrogen-bond acceptors (Lipinski definition) is 2. The molecule has 0 bridgehead atoms. The highest BCUT2D eigenvalue weighted by Gasteiger charge is 2.56. The molecule has 0 aromatic heterocycles. The van der Waals surface area contributed by atoms with Crippen LogP contribution in [0.4, 0.5) is 4.39 Å². The lowest BCUT2D eigenvalue weighted by atomic mass is 9.85. The Balaban J connectivity index is 2.97. The quantitative estimate of drug-likeness (QED) is 0.768. The van der Waals surface area contributed by atoms with Crippen molar-refractivity contribution in [3.05, 3.63) is 18.4 Å². The van der Waals surface area contributed by atoms with E-state index in [1.165, 1.54) is 6.08 Å². The van der Waals surface area contributed by atoms with E-state index < -0.39 is 24.0 Å². The van der Waals surface area contributed by atoms with Crippen LogP contribution in [0.1, 0.15) is 34.1 Å². The first kappa shape index (κ1) is 14.4. The Morgan fingerprint density at radius 1 is 1.47 bits per heavy atom. The van der Waals surface area contributed by atoms with Crippen molar-refractivity contribution in [3.63, 3.8) is 0 Å². The van der Waals surface area contributed by atoms with E-state index in [0.29, 0.717) is 12.3 Å². The summed E-state index contributed by atoms with van der Waals surface area (Å²) in [6.07, 6.45) is -0.344. The molecule has 0 unspecified atom stereocenters. The van der Waals surface area contributed by atoms with Crippen molar-refractivity contribution in [1.82, 2.24) is 0 Å². The van der Waals surface area contributed by atoms with E-state index in [9.17, 15) is 9.50 Å². The van der Waals surface area contributed by atoms with Crippen LogP contribution < -0.4 is 0 Å². The lowest BCUT2D eigenvalue weighted by molar-refractivity contribution is -0.0231. The molecule has 1 saturated heterocycles. The summed E-state index contributed by atoms with van der Waals surface area (Å²) in [5.74, 6) is 0.355. The first-order valence-corrected chi connectivity index (χ1v) is 6.22. The van der Waals surface area contributed by atoms with E-state index in [4.69, 9.17) is 4.74 Å². The molecule has 0 amide bonds. The Bertz CT molecular complexity index is 307. The Morgan fingerprint density at radius 2 is 2.06 bits per heavy atom. The molecule has 1 N–H and O–H groups in total. The van der Waals surface area contributed by atoms with Crippen LogP contribution in [0, 0.1) is 11.8 Å². The largest absolute Gasteiger partial charge is 0.387 e. The molecule has 0 spiro atoms. The van der Waals surface area contributed by atoms with Gasteiger partial charge in [0.2, 0.25) is 0 Å². The van der Waals surface area contributed by atoms with Crippen LogP contribution in [-0.2, 0) is 4.74 Å². The number of alkyl halides is 1. The van der Waals surface area contributed by atoms with Crippen LogP contribution in [-0.4, -0.2) is 29.1 Å². The van der Waals surface area contributed by atoms with Crippen molar-refractivity contribution >= 4 is 0 Å². The van der Waals surface area contributed by atoms with Crippen LogP contribution in [0.15, 0.2) is 18.4 Å². The molecule has 1 heterocycles. The van der Waals surface area contributed by atoms with Crippen LogP contribution in [0.3, 0.4) is 0 Å². The average Bonchev–Trinajstić information content (AvgIpc) is 2.43. The monoisotopic (exact) mass is 242 g/mol. The maximum Gasteiger partial charge on any atom is 0.190 e. The highest BCUT2D eigenvalue weighted by Crippen LogP contribution is 2.41. The molecular weight excluding hydrogens is 219 g/mol. The summed E-state index contributed by atoms with van der Waals surface area (Å²) in [6.45, 7) is 11.2. The Kier molecular flexibility index (Phi) is 4.54. The van der Waals surface area contributed by atoms with Crippen LogP contribution >= 0.6 is 0 Å². The Labute approximate surface area is 103 Å². The average molecular weight is 242 g/mol. The molecule has 98 valence electrons. The van der Waals surface area contributed by atoms with Gasteiger partial charge in [0, 0.05) is 0 Å². The van der Waals surface area contributed by atoms with Crippen molar-refractivity contribution < 1.29 is 14.2 Å². The topological polar surface area (TPSA) is 29.5 Å². The minimum atomic E-state index is -1.87. The maximum atomic E-state index is 14.8. The highest BCUT2D eigenvalue weighted by atomic mass is 19.1. The fourth-order valence-electron chi connectivity index (χ4n) is 2.46. The van der Waals surface area contributed by atoms with Gasteiger partial charge in [-0.25, -0.2) is 4.39 Å². The van der Waals surface area contributed by atoms with E-state index in [1.807, 2.05) is 27.7 Å². The Hall–Kier alpha value is -0.630. The van der Waals surface area contributed by atoms with Crippen molar-refractivity contribution in [2.45, 2.75) is 58.1 Å². The third-order valence-corrected chi connectivity index (χ3v) is 3.20. The molecule has 1 rings (SSSR count). The standard InChI is InChI=1S/C14H23FO2/c1-6-7-14(15)12(16)11(8-9(2)3)17-13(14)10(4)5/h7,9-13,16H,1,8H2,2-5H3/t11-,12-,13+,14-/m1/s1. The fraction of sp³-hybridized carbons (Fsp3) is 0.786. The lowest BCUT2D eigenvalue weighted by Gasteiger charge is -2.26. The highest BCUT2D eigenvalue weighted by molar-refractivity contribution is 5.15. The van der Waals surface area contributed by atoms with E-state index in [2.05, 4.69) is 12.3 Å². The molecule has 2 nitrogen and oxygen atoms in total. The van der Waals surface area contributed by atoms with E-state index in [1.54, 1.807) is 0 Å². The van der Waals surface area contributed by atoms with E-state index in [0.717, 1.165) is 0 Å². The molecular formula is C14H23FO2. The van der Waals surface area contributed by atoms with E-state index in [-0.39, 0.29) is 5.92 Å². The van der Waals surface area contributed by atoms with Crippen LogP contribution in [0.25, 0.3) is 0 Å². The molecule has 0 aromatic carbocycles. The molecule has 17 heavy (non-hydrogen) atoms. The van der Waals surface area contributed by atoms with Gasteiger partial charge < -0.3 is 9.84 Å². The summed E-state index contributed by atoms with van der Waals surface area (Å²) in [4.78, 5) is 0. The minimum absolute atomic E-state index is 0.00332. The summed E-state index contributed by atoms with van der Waals surface area (Å²) >= 11 is 0. The number of hydrogen-bond donors (Lipinski definition) is 1. The van der Waals surface area contributed by atoms with Gasteiger partial charge in [-0.3, -0.25) is 0 Å². The van der Waals surface area contributed by atoms with Crippen LogP contribution in [0.5, 0.6) is 0 Å². The molecule has 0 aromatic rings. The van der Waals surface area contributed by atoms with Crippen LogP contribution in [0.2, 0.25) is 0 Å². The first-order chi connectivity index (χ1) is 7.82. The normalized spacial score (nSPS) is 37.5. The zero-order valence-corrected chi connectivity index (χ0v) is 11.1. The number of rotatable bonds is 4.